The first-order valence-electron chi connectivity index (χ1n) is 7.91. The Labute approximate surface area is 160 Å². The average molecular weight is 387 g/mol. The monoisotopic (exact) mass is 387 g/mol. The van der Waals surface area contributed by atoms with Gasteiger partial charge in [-0.2, -0.15) is 5.10 Å². The summed E-state index contributed by atoms with van der Waals surface area (Å²) in [5, 5.41) is 13.9. The molecule has 8 heteroatoms. The van der Waals surface area contributed by atoms with Crippen LogP contribution in [0.25, 0.3) is 6.08 Å². The van der Waals surface area contributed by atoms with Gasteiger partial charge in [-0.1, -0.05) is 54.3 Å². The molecule has 2 heterocycles. The number of rotatable bonds is 5. The smallest absolute Gasteiger partial charge is 0.327 e. The predicted octanol–water partition coefficient (Wildman–Crippen LogP) is 2.63. The summed E-state index contributed by atoms with van der Waals surface area (Å²) in [6.07, 6.45) is 3.71. The molecular weight excluding hydrogens is 370 g/mol. The first-order chi connectivity index (χ1) is 12.4. The fraction of sp³-hybridized carbons (Fsp3) is 0.222. The molecule has 2 aromatic rings. The molecule has 1 aromatic heterocycles. The highest BCUT2D eigenvalue weighted by atomic mass is 32.2. The van der Waals surface area contributed by atoms with E-state index in [0.717, 1.165) is 28.6 Å². The maximum atomic E-state index is 12.8. The van der Waals surface area contributed by atoms with Gasteiger partial charge in [0.05, 0.1) is 10.6 Å². The molecule has 0 spiro atoms. The number of hydrogen-bond donors (Lipinski definition) is 1. The van der Waals surface area contributed by atoms with Gasteiger partial charge in [-0.3, -0.25) is 14.4 Å². The second-order valence-electron chi connectivity index (χ2n) is 5.94. The van der Waals surface area contributed by atoms with Gasteiger partial charge in [-0.25, -0.2) is 4.79 Å². The molecule has 1 amide bonds. The van der Waals surface area contributed by atoms with E-state index < -0.39 is 12.0 Å². The first-order valence-corrected chi connectivity index (χ1v) is 9.13. The zero-order valence-electron chi connectivity index (χ0n) is 14.2. The Balaban J connectivity index is 1.89. The highest BCUT2D eigenvalue weighted by Gasteiger charge is 2.40. The lowest BCUT2D eigenvalue weighted by atomic mass is 10.0. The quantitative estimate of drug-likeness (QED) is 0.628. The summed E-state index contributed by atoms with van der Waals surface area (Å²) >= 11 is 6.42. The van der Waals surface area contributed by atoms with Gasteiger partial charge in [0.2, 0.25) is 0 Å². The average Bonchev–Trinajstić information content (AvgIpc) is 3.05. The van der Waals surface area contributed by atoms with Crippen molar-refractivity contribution in [1.29, 1.82) is 0 Å². The minimum Gasteiger partial charge on any atom is -0.480 e. The number of benzene rings is 1. The highest BCUT2D eigenvalue weighted by molar-refractivity contribution is 8.26. The van der Waals surface area contributed by atoms with Gasteiger partial charge in [-0.05, 0) is 18.6 Å². The SMILES string of the molecule is Cc1nn(C)cc1/C=C1/SC(=S)N([C@@H](Cc2ccccc2)C(=O)O)C1=O. The number of aryl methyl sites for hydroxylation is 2. The van der Waals surface area contributed by atoms with E-state index in [1.807, 2.05) is 37.3 Å². The minimum absolute atomic E-state index is 0.196. The molecule has 0 unspecified atom stereocenters. The molecule has 0 bridgehead atoms. The van der Waals surface area contributed by atoms with Crippen molar-refractivity contribution in [2.75, 3.05) is 0 Å². The van der Waals surface area contributed by atoms with Crippen LogP contribution in [0.15, 0.2) is 41.4 Å². The van der Waals surface area contributed by atoms with Crippen molar-refractivity contribution in [2.45, 2.75) is 19.4 Å². The number of carboxylic acids is 1. The number of carboxylic acid groups (broad SMARTS) is 1. The Morgan fingerprint density at radius 2 is 2.08 bits per heavy atom. The van der Waals surface area contributed by atoms with E-state index in [-0.39, 0.29) is 16.6 Å². The summed E-state index contributed by atoms with van der Waals surface area (Å²) in [6.45, 7) is 1.85. The Bertz CT molecular complexity index is 906. The van der Waals surface area contributed by atoms with Gasteiger partial charge >= 0.3 is 5.97 Å². The van der Waals surface area contributed by atoms with Crippen LogP contribution >= 0.6 is 24.0 Å². The van der Waals surface area contributed by atoms with E-state index in [1.165, 1.54) is 4.90 Å². The van der Waals surface area contributed by atoms with Crippen LogP contribution in [0.1, 0.15) is 16.8 Å². The highest BCUT2D eigenvalue weighted by Crippen LogP contribution is 2.35. The Morgan fingerprint density at radius 1 is 1.38 bits per heavy atom. The minimum atomic E-state index is -1.08. The molecule has 1 aliphatic heterocycles. The summed E-state index contributed by atoms with van der Waals surface area (Å²) in [6, 6.07) is 8.17. The van der Waals surface area contributed by atoms with Crippen LogP contribution in [0, 0.1) is 6.92 Å². The van der Waals surface area contributed by atoms with E-state index in [4.69, 9.17) is 12.2 Å². The van der Waals surface area contributed by atoms with Gasteiger partial charge in [0.25, 0.3) is 5.91 Å². The van der Waals surface area contributed by atoms with Crippen LogP contribution in [0.5, 0.6) is 0 Å². The molecule has 1 saturated heterocycles. The van der Waals surface area contributed by atoms with E-state index in [2.05, 4.69) is 5.10 Å². The van der Waals surface area contributed by atoms with Crippen LogP contribution in [0.4, 0.5) is 0 Å². The zero-order valence-corrected chi connectivity index (χ0v) is 15.9. The Hall–Kier alpha value is -2.45. The van der Waals surface area contributed by atoms with Crippen molar-refractivity contribution in [1.82, 2.24) is 14.7 Å². The second kappa shape index (κ2) is 7.43. The number of thioether (sulfide) groups is 1. The molecule has 134 valence electrons. The number of hydrogen-bond acceptors (Lipinski definition) is 5. The second-order valence-corrected chi connectivity index (χ2v) is 7.61. The number of nitrogens with zero attached hydrogens (tertiary/aromatic N) is 3. The number of aromatic nitrogens is 2. The van der Waals surface area contributed by atoms with E-state index in [1.54, 1.807) is 24.0 Å². The van der Waals surface area contributed by atoms with Crippen LogP contribution in [0.2, 0.25) is 0 Å². The Kier molecular flexibility index (Phi) is 5.24. The molecule has 1 fully saturated rings. The van der Waals surface area contributed by atoms with E-state index >= 15 is 0 Å². The van der Waals surface area contributed by atoms with Crippen molar-refractivity contribution in [3.05, 3.63) is 58.3 Å². The lowest BCUT2D eigenvalue weighted by molar-refractivity contribution is -0.145. The van der Waals surface area contributed by atoms with E-state index in [9.17, 15) is 14.7 Å². The standard InChI is InChI=1S/C18H17N3O3S2/c1-11-13(10-20(2)19-11)9-15-16(22)21(18(25)26-15)14(17(23)24)8-12-6-4-3-5-7-12/h3-7,9-10,14H,8H2,1-2H3,(H,23,24)/b15-9+/t14-/m0/s1. The van der Waals surface area contributed by atoms with Crippen LogP contribution in [-0.4, -0.2) is 42.0 Å². The molecule has 1 aliphatic rings. The van der Waals surface area contributed by atoms with Gasteiger partial charge in [0, 0.05) is 25.2 Å². The number of carbonyl (C=O) groups is 2. The van der Waals surface area contributed by atoms with Crippen LogP contribution < -0.4 is 0 Å². The molecular formula is C18H17N3O3S2. The zero-order chi connectivity index (χ0) is 18.8. The first kappa shape index (κ1) is 18.3. The number of carbonyl (C=O) groups excluding carboxylic acids is 1. The summed E-state index contributed by atoms with van der Waals surface area (Å²) in [5.41, 5.74) is 2.43. The fourth-order valence-corrected chi connectivity index (χ4v) is 4.12. The van der Waals surface area contributed by atoms with Crippen LogP contribution in [-0.2, 0) is 23.1 Å². The summed E-state index contributed by atoms with van der Waals surface area (Å²) in [4.78, 5) is 26.3. The lowest BCUT2D eigenvalue weighted by Crippen LogP contribution is -2.45. The predicted molar refractivity (Wildman–Crippen MR) is 105 cm³/mol. The molecule has 0 saturated carbocycles. The van der Waals surface area contributed by atoms with Gasteiger partial charge in [0.15, 0.2) is 0 Å². The summed E-state index contributed by atoms with van der Waals surface area (Å²) < 4.78 is 1.92. The largest absolute Gasteiger partial charge is 0.480 e. The third-order valence-electron chi connectivity index (χ3n) is 4.03. The molecule has 1 atom stereocenters. The Morgan fingerprint density at radius 3 is 2.65 bits per heavy atom. The van der Waals surface area contributed by atoms with Crippen molar-refractivity contribution in [3.8, 4) is 0 Å². The molecule has 0 aliphatic carbocycles. The van der Waals surface area contributed by atoms with Gasteiger partial charge in [-0.15, -0.1) is 0 Å². The van der Waals surface area contributed by atoms with Crippen molar-refractivity contribution >= 4 is 46.3 Å². The normalized spacial score (nSPS) is 17.2. The molecule has 26 heavy (non-hydrogen) atoms. The van der Waals surface area contributed by atoms with E-state index in [0.29, 0.717) is 4.91 Å². The summed E-state index contributed by atoms with van der Waals surface area (Å²) in [5.74, 6) is -1.46. The maximum absolute atomic E-state index is 12.8. The third-order valence-corrected chi connectivity index (χ3v) is 5.36. The molecule has 1 N–H and O–H groups in total. The number of thiocarbonyl (C=S) groups is 1. The van der Waals surface area contributed by atoms with Crippen molar-refractivity contribution in [2.24, 2.45) is 7.05 Å². The third kappa shape index (κ3) is 3.71. The maximum Gasteiger partial charge on any atom is 0.327 e. The summed E-state index contributed by atoms with van der Waals surface area (Å²) in [7, 11) is 1.80. The number of amides is 1. The molecule has 6 nitrogen and oxygen atoms in total. The van der Waals surface area contributed by atoms with Crippen molar-refractivity contribution in [3.63, 3.8) is 0 Å². The van der Waals surface area contributed by atoms with Crippen molar-refractivity contribution < 1.29 is 14.7 Å². The fourth-order valence-electron chi connectivity index (χ4n) is 2.78. The topological polar surface area (TPSA) is 75.4 Å². The van der Waals surface area contributed by atoms with Gasteiger partial charge < -0.3 is 5.11 Å². The molecule has 3 rings (SSSR count). The molecule has 0 radical (unpaired) electrons. The van der Waals surface area contributed by atoms with Crippen LogP contribution in [0.3, 0.4) is 0 Å². The number of aliphatic carboxylic acids is 1. The molecule has 1 aromatic carbocycles. The lowest BCUT2D eigenvalue weighted by Gasteiger charge is -2.23. The van der Waals surface area contributed by atoms with Gasteiger partial charge in [0.1, 0.15) is 10.4 Å².